The van der Waals surface area contributed by atoms with E-state index in [-0.39, 0.29) is 79.0 Å². The van der Waals surface area contributed by atoms with Gasteiger partial charge in [-0.1, -0.05) is 26.0 Å². The standard InChI is InChI=1S/C53H72N18O9/c1-8-70-38(24-31(5)64-70)47(74)62-52-60-36-26-33(45(55)72)28-40(79-7)43(36)68(52)17-10-11-18-69-44-37(61-53(69)63-48(75)39-25-32(6)65-71(39)9-2)27-34(46(56)73)29-41(44)80-23-13-16-66-19-21-67(22-20-66)50(77)35(14-12-15-58-51(57)78)59-49(76)42(54)30(3)4/h10-11,24-30,35,42H,8-9,12-23,54H2,1-7H3,(H2,55,72)(H2,56,73)(H,59,76)(H3,57,58,78)(H,60,62,74)(H,61,63,75)/b11-10+/t35-,42?/m0/s1. The lowest BCUT2D eigenvalue weighted by Gasteiger charge is -2.36. The predicted octanol–water partition coefficient (Wildman–Crippen LogP) is 2.23. The number of imidazole rings is 2. The van der Waals surface area contributed by atoms with Crippen LogP contribution >= 0.6 is 0 Å². The lowest BCUT2D eigenvalue weighted by molar-refractivity contribution is -0.138. The van der Waals surface area contributed by atoms with Gasteiger partial charge in [0.2, 0.25) is 35.5 Å². The molecule has 2 aromatic carbocycles. The number of anilines is 2. The van der Waals surface area contributed by atoms with Crippen LogP contribution in [0.3, 0.4) is 0 Å². The molecule has 1 unspecified atom stereocenters. The summed E-state index contributed by atoms with van der Waals surface area (Å²) >= 11 is 0. The Morgan fingerprint density at radius 1 is 0.713 bits per heavy atom. The number of aromatic nitrogens is 8. The van der Waals surface area contributed by atoms with Gasteiger partial charge in [-0.3, -0.25) is 53.7 Å². The van der Waals surface area contributed by atoms with Crippen molar-refractivity contribution in [3.8, 4) is 11.5 Å². The van der Waals surface area contributed by atoms with Crippen LogP contribution in [0.1, 0.15) is 100 Å². The Hall–Kier alpha value is -8.85. The molecule has 0 saturated carbocycles. The largest absolute Gasteiger partial charge is 0.494 e. The average Bonchev–Trinajstić information content (AvgIpc) is 4.37. The lowest BCUT2D eigenvalue weighted by Crippen LogP contribution is -2.57. The number of fused-ring (bicyclic) bond motifs is 2. The quantitative estimate of drug-likeness (QED) is 0.0285. The summed E-state index contributed by atoms with van der Waals surface area (Å²) in [5.41, 5.74) is 26.6. The number of nitrogens with one attached hydrogen (secondary N) is 4. The molecule has 1 aliphatic rings. The number of benzene rings is 2. The van der Waals surface area contributed by atoms with Crippen LogP contribution in [0.4, 0.5) is 16.7 Å². The van der Waals surface area contributed by atoms with Crippen molar-refractivity contribution >= 4 is 75.4 Å². The molecular weight excluding hydrogens is 1030 g/mol. The van der Waals surface area contributed by atoms with E-state index in [1.165, 1.54) is 31.4 Å². The van der Waals surface area contributed by atoms with E-state index in [0.717, 1.165) is 0 Å². The monoisotopic (exact) mass is 1100 g/mol. The molecule has 0 spiro atoms. The number of urea groups is 1. The van der Waals surface area contributed by atoms with Crippen molar-refractivity contribution < 1.29 is 43.0 Å². The highest BCUT2D eigenvalue weighted by atomic mass is 16.5. The maximum atomic E-state index is 14.0. The molecule has 4 aromatic heterocycles. The summed E-state index contributed by atoms with van der Waals surface area (Å²) in [7, 11) is 1.45. The molecule has 1 saturated heterocycles. The van der Waals surface area contributed by atoms with Gasteiger partial charge in [-0.15, -0.1) is 0 Å². The van der Waals surface area contributed by atoms with Gasteiger partial charge in [0.25, 0.3) is 11.8 Å². The van der Waals surface area contributed by atoms with Gasteiger partial charge in [0, 0.05) is 76.6 Å². The van der Waals surface area contributed by atoms with Crippen molar-refractivity contribution in [1.29, 1.82) is 0 Å². The van der Waals surface area contributed by atoms with E-state index in [9.17, 15) is 33.6 Å². The fraction of sp³-hybridized carbons (Fsp3) is 0.453. The van der Waals surface area contributed by atoms with E-state index in [0.29, 0.717) is 103 Å². The zero-order valence-electron chi connectivity index (χ0n) is 46.2. The maximum Gasteiger partial charge on any atom is 0.312 e. The van der Waals surface area contributed by atoms with Gasteiger partial charge in [-0.05, 0) is 89.3 Å². The molecule has 27 nitrogen and oxygen atoms in total. The summed E-state index contributed by atoms with van der Waals surface area (Å²) in [5.74, 6) is -2.32. The Morgan fingerprint density at radius 3 is 1.70 bits per heavy atom. The SMILES string of the molecule is CCn1nc(C)cc1C(=O)Nc1nc2cc(C(N)=O)cc(OC)c2n1C/C=C/Cn1c(NC(=O)c2cc(C)nn2CC)nc2cc(C(N)=O)cc(OCCCN3CCN(C(=O)[C@H](CCCNC(N)=O)NC(=O)C(N)C(C)C)CC3)c21. The molecule has 0 radical (unpaired) electrons. The van der Waals surface area contributed by atoms with Crippen LogP contribution in [0.15, 0.2) is 48.6 Å². The highest BCUT2D eigenvalue weighted by Gasteiger charge is 2.31. The van der Waals surface area contributed by atoms with Crippen LogP contribution < -0.4 is 53.7 Å². The summed E-state index contributed by atoms with van der Waals surface area (Å²) in [6.07, 6.45) is 4.86. The first-order valence-corrected chi connectivity index (χ1v) is 26.5. The van der Waals surface area contributed by atoms with Crippen LogP contribution in [0.2, 0.25) is 0 Å². The first-order valence-electron chi connectivity index (χ1n) is 26.5. The van der Waals surface area contributed by atoms with Crippen LogP contribution in [-0.4, -0.2) is 155 Å². The molecule has 0 aliphatic carbocycles. The smallest absolute Gasteiger partial charge is 0.312 e. The Morgan fingerprint density at radius 2 is 1.23 bits per heavy atom. The van der Waals surface area contributed by atoms with E-state index in [1.807, 2.05) is 39.8 Å². The second-order valence-corrected chi connectivity index (χ2v) is 19.7. The third kappa shape index (κ3) is 13.9. The average molecular weight is 1110 g/mol. The molecule has 428 valence electrons. The number of hydrogen-bond acceptors (Lipinski definition) is 15. The molecule has 5 heterocycles. The summed E-state index contributed by atoms with van der Waals surface area (Å²) in [6, 6.07) is 7.11. The van der Waals surface area contributed by atoms with Gasteiger partial charge in [-0.2, -0.15) is 10.2 Å². The van der Waals surface area contributed by atoms with Gasteiger partial charge in [0.15, 0.2) is 0 Å². The minimum absolute atomic E-state index is 0.0963. The van der Waals surface area contributed by atoms with Crippen molar-refractivity contribution in [3.63, 3.8) is 0 Å². The maximum absolute atomic E-state index is 14.0. The summed E-state index contributed by atoms with van der Waals surface area (Å²) < 4.78 is 18.8. The van der Waals surface area contributed by atoms with Crippen molar-refractivity contribution in [2.24, 2.45) is 28.9 Å². The van der Waals surface area contributed by atoms with Crippen molar-refractivity contribution in [2.75, 3.05) is 63.6 Å². The van der Waals surface area contributed by atoms with E-state index in [1.54, 1.807) is 49.4 Å². The van der Waals surface area contributed by atoms with Crippen LogP contribution in [0.25, 0.3) is 22.1 Å². The second kappa shape index (κ2) is 26.2. The number of nitrogens with zero attached hydrogens (tertiary/aromatic N) is 10. The van der Waals surface area contributed by atoms with Crippen molar-refractivity contribution in [3.05, 3.63) is 82.5 Å². The molecule has 27 heteroatoms. The van der Waals surface area contributed by atoms with Gasteiger partial charge in [0.05, 0.1) is 42.2 Å². The number of amides is 8. The van der Waals surface area contributed by atoms with Gasteiger partial charge in [0.1, 0.15) is 40.0 Å². The fourth-order valence-corrected chi connectivity index (χ4v) is 9.41. The molecule has 80 heavy (non-hydrogen) atoms. The summed E-state index contributed by atoms with van der Waals surface area (Å²) in [4.78, 5) is 104. The van der Waals surface area contributed by atoms with Crippen molar-refractivity contribution in [2.45, 2.75) is 99.1 Å². The van der Waals surface area contributed by atoms with Crippen LogP contribution in [0, 0.1) is 19.8 Å². The summed E-state index contributed by atoms with van der Waals surface area (Å²) in [6.45, 7) is 15.0. The van der Waals surface area contributed by atoms with Gasteiger partial charge >= 0.3 is 6.03 Å². The minimum atomic E-state index is -0.836. The van der Waals surface area contributed by atoms with Crippen LogP contribution in [0.5, 0.6) is 11.5 Å². The molecule has 2 atom stereocenters. The summed E-state index contributed by atoms with van der Waals surface area (Å²) in [5, 5.41) is 20.1. The third-order valence-electron chi connectivity index (χ3n) is 13.6. The number of aryl methyl sites for hydroxylation is 4. The number of rotatable bonds is 26. The highest BCUT2D eigenvalue weighted by molar-refractivity contribution is 6.05. The zero-order chi connectivity index (χ0) is 57.9. The number of piperazine rings is 1. The molecular formula is C53H72N18O9. The Balaban J connectivity index is 1.13. The number of carbonyl (C=O) groups is 7. The normalized spacial score (nSPS) is 13.7. The highest BCUT2D eigenvalue weighted by Crippen LogP contribution is 2.33. The van der Waals surface area contributed by atoms with E-state index in [4.69, 9.17) is 42.4 Å². The van der Waals surface area contributed by atoms with Gasteiger partial charge < -0.3 is 57.1 Å². The predicted molar refractivity (Wildman–Crippen MR) is 298 cm³/mol. The number of primary amides is 3. The number of allylic oxidation sites excluding steroid dienone is 2. The zero-order valence-corrected chi connectivity index (χ0v) is 46.2. The molecule has 1 aliphatic heterocycles. The molecule has 7 rings (SSSR count). The lowest BCUT2D eigenvalue weighted by atomic mass is 10.0. The topological polar surface area (TPSA) is 368 Å². The number of methoxy groups -OCH3 is 1. The molecule has 1 fully saturated rings. The Bertz CT molecular complexity index is 3310. The van der Waals surface area contributed by atoms with E-state index >= 15 is 0 Å². The number of hydrogen-bond donors (Lipinski definition) is 8. The number of nitrogens with two attached hydrogens (primary N) is 4. The fourth-order valence-electron chi connectivity index (χ4n) is 9.41. The Labute approximate surface area is 461 Å². The van der Waals surface area contributed by atoms with E-state index in [2.05, 4.69) is 36.4 Å². The van der Waals surface area contributed by atoms with Gasteiger partial charge in [-0.25, -0.2) is 14.8 Å². The van der Waals surface area contributed by atoms with Crippen LogP contribution in [-0.2, 0) is 35.8 Å². The first kappa shape index (κ1) is 58.8. The number of carbonyl (C=O) groups excluding carboxylic acids is 7. The second-order valence-electron chi connectivity index (χ2n) is 19.7. The molecule has 12 N–H and O–H groups in total. The molecule has 8 amide bonds. The van der Waals surface area contributed by atoms with E-state index < -0.39 is 47.7 Å². The molecule has 6 aromatic rings. The van der Waals surface area contributed by atoms with Crippen molar-refractivity contribution in [1.82, 2.24) is 59.1 Å². The first-order chi connectivity index (χ1) is 38.2. The number of ether oxygens (including phenoxy) is 2. The molecule has 0 bridgehead atoms. The minimum Gasteiger partial charge on any atom is -0.494 e. The third-order valence-corrected chi connectivity index (χ3v) is 13.6. The Kier molecular flexibility index (Phi) is 19.3.